The van der Waals surface area contributed by atoms with Crippen LogP contribution in [0.4, 0.5) is 0 Å². The van der Waals surface area contributed by atoms with Crippen molar-refractivity contribution in [3.05, 3.63) is 23.3 Å². The predicted octanol–water partition coefficient (Wildman–Crippen LogP) is 1.20. The number of rotatable bonds is 5. The Kier molecular flexibility index (Phi) is 4.42. The molecule has 0 radical (unpaired) electrons. The zero-order chi connectivity index (χ0) is 13.9. The minimum atomic E-state index is -0.459. The third-order valence-corrected chi connectivity index (χ3v) is 2.80. The second-order valence-corrected chi connectivity index (χ2v) is 4.28. The molecule has 0 aliphatic carbocycles. The van der Waals surface area contributed by atoms with Gasteiger partial charge < -0.3 is 4.74 Å². The molecule has 18 heavy (non-hydrogen) atoms. The molecule has 0 saturated heterocycles. The van der Waals surface area contributed by atoms with Gasteiger partial charge in [0.2, 0.25) is 0 Å². The summed E-state index contributed by atoms with van der Waals surface area (Å²) < 4.78 is 4.89. The van der Waals surface area contributed by atoms with Crippen molar-refractivity contribution in [2.75, 3.05) is 13.2 Å². The Morgan fingerprint density at radius 2 is 1.72 bits per heavy atom. The molecule has 0 aromatic rings. The van der Waals surface area contributed by atoms with Gasteiger partial charge in [-0.15, -0.1) is 0 Å². The van der Waals surface area contributed by atoms with Crippen LogP contribution in [0, 0.1) is 0 Å². The van der Waals surface area contributed by atoms with E-state index in [9.17, 15) is 14.4 Å². The predicted molar refractivity (Wildman–Crippen MR) is 65.5 cm³/mol. The van der Waals surface area contributed by atoms with Gasteiger partial charge in [0.1, 0.15) is 0 Å². The summed E-state index contributed by atoms with van der Waals surface area (Å²) in [6.45, 7) is 8.72. The van der Waals surface area contributed by atoms with Crippen LogP contribution >= 0.6 is 0 Å². The zero-order valence-electron chi connectivity index (χ0n) is 10.9. The van der Waals surface area contributed by atoms with Crippen LogP contribution in [0.2, 0.25) is 0 Å². The molecule has 0 aromatic heterocycles. The van der Waals surface area contributed by atoms with Crippen LogP contribution in [0.1, 0.15) is 27.2 Å². The van der Waals surface area contributed by atoms with E-state index in [0.29, 0.717) is 23.1 Å². The van der Waals surface area contributed by atoms with Gasteiger partial charge in [0, 0.05) is 23.3 Å². The Bertz CT molecular complexity index is 424. The Morgan fingerprint density at radius 1 is 1.22 bits per heavy atom. The summed E-state index contributed by atoms with van der Waals surface area (Å²) in [5, 5.41) is 0. The SMILES string of the molecule is C=C(C)C(=O)OCCCN1C(=O)C(C)=C(C)C1=O. The molecule has 1 heterocycles. The van der Waals surface area contributed by atoms with E-state index in [2.05, 4.69) is 6.58 Å². The first kappa shape index (κ1) is 14.2. The van der Waals surface area contributed by atoms with Crippen molar-refractivity contribution in [3.63, 3.8) is 0 Å². The average Bonchev–Trinajstić information content (AvgIpc) is 2.50. The van der Waals surface area contributed by atoms with Crippen LogP contribution in [-0.2, 0) is 19.1 Å². The molecule has 0 spiro atoms. The summed E-state index contributed by atoms with van der Waals surface area (Å²) in [6, 6.07) is 0. The normalized spacial score (nSPS) is 15.4. The smallest absolute Gasteiger partial charge is 0.333 e. The van der Waals surface area contributed by atoms with Gasteiger partial charge in [0.15, 0.2) is 0 Å². The minimum absolute atomic E-state index is 0.168. The first-order chi connectivity index (χ1) is 8.36. The maximum Gasteiger partial charge on any atom is 0.333 e. The monoisotopic (exact) mass is 251 g/mol. The topological polar surface area (TPSA) is 63.7 Å². The highest BCUT2D eigenvalue weighted by Gasteiger charge is 2.32. The van der Waals surface area contributed by atoms with E-state index in [1.165, 1.54) is 4.90 Å². The minimum Gasteiger partial charge on any atom is -0.462 e. The highest BCUT2D eigenvalue weighted by molar-refractivity contribution is 6.18. The molecule has 5 nitrogen and oxygen atoms in total. The molecule has 0 N–H and O–H groups in total. The van der Waals surface area contributed by atoms with E-state index in [1.54, 1.807) is 20.8 Å². The van der Waals surface area contributed by atoms with Gasteiger partial charge in [-0.2, -0.15) is 0 Å². The molecule has 1 rings (SSSR count). The lowest BCUT2D eigenvalue weighted by atomic mass is 10.2. The fourth-order valence-electron chi connectivity index (χ4n) is 1.53. The van der Waals surface area contributed by atoms with Gasteiger partial charge >= 0.3 is 5.97 Å². The van der Waals surface area contributed by atoms with E-state index >= 15 is 0 Å². The number of hydrogen-bond acceptors (Lipinski definition) is 4. The number of carbonyl (C=O) groups is 3. The van der Waals surface area contributed by atoms with E-state index in [0.717, 1.165) is 0 Å². The van der Waals surface area contributed by atoms with Crippen molar-refractivity contribution in [2.24, 2.45) is 0 Å². The number of amides is 2. The molecule has 2 amide bonds. The molecule has 0 fully saturated rings. The van der Waals surface area contributed by atoms with Gasteiger partial charge in [-0.3, -0.25) is 14.5 Å². The molecule has 0 bridgehead atoms. The summed E-state index contributed by atoms with van der Waals surface area (Å²) >= 11 is 0. The van der Waals surface area contributed by atoms with E-state index in [-0.39, 0.29) is 25.0 Å². The molecule has 98 valence electrons. The van der Waals surface area contributed by atoms with Crippen molar-refractivity contribution in [1.82, 2.24) is 4.90 Å². The Balaban J connectivity index is 2.39. The second kappa shape index (κ2) is 5.62. The number of hydrogen-bond donors (Lipinski definition) is 0. The molecule has 1 aliphatic rings. The molecule has 0 unspecified atom stereocenters. The number of carbonyl (C=O) groups excluding carboxylic acids is 3. The van der Waals surface area contributed by atoms with Crippen molar-refractivity contribution < 1.29 is 19.1 Å². The van der Waals surface area contributed by atoms with Crippen molar-refractivity contribution in [2.45, 2.75) is 27.2 Å². The number of ether oxygens (including phenoxy) is 1. The lowest BCUT2D eigenvalue weighted by molar-refractivity contribution is -0.139. The van der Waals surface area contributed by atoms with E-state index < -0.39 is 5.97 Å². The maximum absolute atomic E-state index is 11.7. The van der Waals surface area contributed by atoms with Gasteiger partial charge in [-0.25, -0.2) is 4.79 Å². The van der Waals surface area contributed by atoms with E-state index in [1.807, 2.05) is 0 Å². The molecular formula is C13H17NO4. The van der Waals surface area contributed by atoms with Gasteiger partial charge in [-0.1, -0.05) is 6.58 Å². The number of nitrogens with zero attached hydrogens (tertiary/aromatic N) is 1. The standard InChI is InChI=1S/C13H17NO4/c1-8(2)13(17)18-7-5-6-14-11(15)9(3)10(4)12(14)16/h1,5-7H2,2-4H3. The van der Waals surface area contributed by atoms with Crippen LogP contribution in [0.5, 0.6) is 0 Å². The molecule has 0 atom stereocenters. The Morgan fingerprint density at radius 3 is 2.17 bits per heavy atom. The third-order valence-electron chi connectivity index (χ3n) is 2.80. The van der Waals surface area contributed by atoms with Gasteiger partial charge in [0.05, 0.1) is 6.61 Å². The van der Waals surface area contributed by atoms with Crippen LogP contribution < -0.4 is 0 Å². The lowest BCUT2D eigenvalue weighted by Crippen LogP contribution is -2.33. The number of imide groups is 1. The van der Waals surface area contributed by atoms with Gasteiger partial charge in [0.25, 0.3) is 11.8 Å². The molecule has 1 aliphatic heterocycles. The molecule has 5 heteroatoms. The fraction of sp³-hybridized carbons (Fsp3) is 0.462. The van der Waals surface area contributed by atoms with E-state index in [4.69, 9.17) is 4.74 Å². The Hall–Kier alpha value is -1.91. The first-order valence-electron chi connectivity index (χ1n) is 5.72. The summed E-state index contributed by atoms with van der Waals surface area (Å²) in [6.07, 6.45) is 0.428. The maximum atomic E-state index is 11.7. The summed E-state index contributed by atoms with van der Waals surface area (Å²) in [4.78, 5) is 35.6. The van der Waals surface area contributed by atoms with Crippen molar-refractivity contribution in [3.8, 4) is 0 Å². The third kappa shape index (κ3) is 2.85. The lowest BCUT2D eigenvalue weighted by Gasteiger charge is -2.14. The summed E-state index contributed by atoms with van der Waals surface area (Å²) in [5.74, 6) is -0.980. The molecular weight excluding hydrogens is 234 g/mol. The molecule has 0 aromatic carbocycles. The fourth-order valence-corrected chi connectivity index (χ4v) is 1.53. The Labute approximate surface area is 106 Å². The zero-order valence-corrected chi connectivity index (χ0v) is 10.9. The van der Waals surface area contributed by atoms with Crippen molar-refractivity contribution in [1.29, 1.82) is 0 Å². The highest BCUT2D eigenvalue weighted by atomic mass is 16.5. The van der Waals surface area contributed by atoms with Crippen LogP contribution in [0.3, 0.4) is 0 Å². The highest BCUT2D eigenvalue weighted by Crippen LogP contribution is 2.19. The van der Waals surface area contributed by atoms with Crippen LogP contribution in [0.15, 0.2) is 23.3 Å². The van der Waals surface area contributed by atoms with Gasteiger partial charge in [-0.05, 0) is 27.2 Å². The molecule has 0 saturated carbocycles. The largest absolute Gasteiger partial charge is 0.462 e. The summed E-state index contributed by atoms with van der Waals surface area (Å²) in [5.41, 5.74) is 1.30. The quantitative estimate of drug-likeness (QED) is 0.319. The number of esters is 1. The van der Waals surface area contributed by atoms with Crippen molar-refractivity contribution >= 4 is 17.8 Å². The summed E-state index contributed by atoms with van der Waals surface area (Å²) in [7, 11) is 0. The van der Waals surface area contributed by atoms with Crippen LogP contribution in [0.25, 0.3) is 0 Å². The second-order valence-electron chi connectivity index (χ2n) is 4.28. The first-order valence-corrected chi connectivity index (χ1v) is 5.72. The van der Waals surface area contributed by atoms with Crippen LogP contribution in [-0.4, -0.2) is 35.8 Å². The average molecular weight is 251 g/mol.